The molecule has 0 saturated carbocycles. The van der Waals surface area contributed by atoms with Crippen molar-refractivity contribution in [1.29, 1.82) is 0 Å². The zero-order chi connectivity index (χ0) is 19.3. The fourth-order valence-corrected chi connectivity index (χ4v) is 4.61. The number of likely N-dealkylation sites (tertiary alicyclic amines) is 1. The summed E-state index contributed by atoms with van der Waals surface area (Å²) < 4.78 is 6.54. The van der Waals surface area contributed by atoms with Crippen LogP contribution in [0.3, 0.4) is 0 Å². The first kappa shape index (κ1) is 17.1. The van der Waals surface area contributed by atoms with Crippen molar-refractivity contribution in [3.05, 3.63) is 59.7 Å². The van der Waals surface area contributed by atoms with Crippen LogP contribution in [0.1, 0.15) is 43.4 Å². The molecule has 28 heavy (non-hydrogen) atoms. The Morgan fingerprint density at radius 3 is 2.61 bits per heavy atom. The molecule has 1 spiro atoms. The zero-order valence-electron chi connectivity index (χ0n) is 15.8. The number of hydrogen-bond donors (Lipinski definition) is 1. The SMILES string of the molecule is CC(=O)N1CCC2(CC1)Oc1ccccc1[C@@H]1CC(c3ccccc3O)=NN12. The number of phenols is 1. The number of phenolic OH excluding ortho intramolecular Hbond substituents is 1. The van der Waals surface area contributed by atoms with Gasteiger partial charge in [-0.05, 0) is 18.2 Å². The van der Waals surface area contributed by atoms with Gasteiger partial charge in [-0.2, -0.15) is 5.10 Å². The Hall–Kier alpha value is -3.02. The molecule has 6 heteroatoms. The summed E-state index contributed by atoms with van der Waals surface area (Å²) in [4.78, 5) is 13.7. The normalized spacial score (nSPS) is 22.3. The third-order valence-corrected chi connectivity index (χ3v) is 6.11. The predicted molar refractivity (Wildman–Crippen MR) is 105 cm³/mol. The molecular weight excluding hydrogens is 354 g/mol. The van der Waals surface area contributed by atoms with E-state index in [0.29, 0.717) is 25.9 Å². The number of benzene rings is 2. The number of carbonyl (C=O) groups excluding carboxylic acids is 1. The van der Waals surface area contributed by atoms with Gasteiger partial charge in [0.1, 0.15) is 11.5 Å². The fraction of sp³-hybridized carbons (Fsp3) is 0.364. The monoisotopic (exact) mass is 377 g/mol. The summed E-state index contributed by atoms with van der Waals surface area (Å²) in [5, 5.41) is 17.4. The molecule has 0 bridgehead atoms. The molecule has 2 aromatic carbocycles. The number of carbonyl (C=O) groups is 1. The zero-order valence-corrected chi connectivity index (χ0v) is 15.8. The first-order valence-corrected chi connectivity index (χ1v) is 9.76. The average Bonchev–Trinajstić information content (AvgIpc) is 3.15. The first-order valence-electron chi connectivity index (χ1n) is 9.76. The highest BCUT2D eigenvalue weighted by Gasteiger charge is 2.52. The highest BCUT2D eigenvalue weighted by atomic mass is 16.5. The largest absolute Gasteiger partial charge is 0.507 e. The quantitative estimate of drug-likeness (QED) is 0.828. The van der Waals surface area contributed by atoms with Gasteiger partial charge >= 0.3 is 0 Å². The number of rotatable bonds is 1. The molecule has 3 heterocycles. The lowest BCUT2D eigenvalue weighted by Gasteiger charge is -2.51. The molecule has 5 rings (SSSR count). The van der Waals surface area contributed by atoms with E-state index in [1.165, 1.54) is 0 Å². The number of para-hydroxylation sites is 2. The van der Waals surface area contributed by atoms with Crippen molar-refractivity contribution in [3.63, 3.8) is 0 Å². The van der Waals surface area contributed by atoms with E-state index in [4.69, 9.17) is 9.84 Å². The highest BCUT2D eigenvalue weighted by Crippen LogP contribution is 2.50. The summed E-state index contributed by atoms with van der Waals surface area (Å²) >= 11 is 0. The van der Waals surface area contributed by atoms with Crippen molar-refractivity contribution in [1.82, 2.24) is 9.91 Å². The summed E-state index contributed by atoms with van der Waals surface area (Å²) in [5.41, 5.74) is 2.20. The third kappa shape index (κ3) is 2.55. The Labute approximate surface area is 164 Å². The Kier molecular flexibility index (Phi) is 3.82. The van der Waals surface area contributed by atoms with Crippen molar-refractivity contribution >= 4 is 11.6 Å². The van der Waals surface area contributed by atoms with Gasteiger partial charge in [-0.1, -0.05) is 30.3 Å². The smallest absolute Gasteiger partial charge is 0.219 e. The summed E-state index contributed by atoms with van der Waals surface area (Å²) in [6, 6.07) is 15.5. The molecule has 3 aliphatic heterocycles. The predicted octanol–water partition coefficient (Wildman–Crippen LogP) is 3.27. The molecule has 2 aromatic rings. The molecule has 144 valence electrons. The molecule has 3 aliphatic rings. The van der Waals surface area contributed by atoms with Crippen molar-refractivity contribution in [3.8, 4) is 11.5 Å². The topological polar surface area (TPSA) is 65.4 Å². The van der Waals surface area contributed by atoms with Crippen LogP contribution in [-0.4, -0.2) is 45.4 Å². The average molecular weight is 377 g/mol. The van der Waals surface area contributed by atoms with Crippen LogP contribution in [0.2, 0.25) is 0 Å². The lowest BCUT2D eigenvalue weighted by Crippen LogP contribution is -2.59. The van der Waals surface area contributed by atoms with Crippen LogP contribution in [-0.2, 0) is 4.79 Å². The van der Waals surface area contributed by atoms with Crippen molar-refractivity contribution in [2.24, 2.45) is 5.10 Å². The van der Waals surface area contributed by atoms with E-state index < -0.39 is 5.72 Å². The van der Waals surface area contributed by atoms with Gasteiger partial charge in [-0.15, -0.1) is 0 Å². The number of nitrogens with zero attached hydrogens (tertiary/aromatic N) is 3. The standard InChI is InChI=1S/C22H23N3O3/c1-15(26)24-12-10-22(11-13-24)25-19(17-7-3-5-9-21(17)28-22)14-18(23-25)16-6-2-4-8-20(16)27/h2-9,19,27H,10-14H2,1H3/t19-/m0/s1. The summed E-state index contributed by atoms with van der Waals surface area (Å²) in [5.74, 6) is 1.24. The van der Waals surface area contributed by atoms with Crippen LogP contribution in [0.5, 0.6) is 11.5 Å². The van der Waals surface area contributed by atoms with Gasteiger partial charge in [0.2, 0.25) is 11.6 Å². The minimum Gasteiger partial charge on any atom is -0.507 e. The Balaban J connectivity index is 1.56. The van der Waals surface area contributed by atoms with Crippen molar-refractivity contribution in [2.45, 2.75) is 38.0 Å². The molecule has 0 aromatic heterocycles. The highest BCUT2D eigenvalue weighted by molar-refractivity contribution is 6.04. The summed E-state index contributed by atoms with van der Waals surface area (Å²) in [6.45, 7) is 2.92. The number of fused-ring (bicyclic) bond motifs is 4. The molecule has 0 unspecified atom stereocenters. The molecule has 1 N–H and O–H groups in total. The number of ether oxygens (including phenoxy) is 1. The minimum atomic E-state index is -0.558. The maximum Gasteiger partial charge on any atom is 0.219 e. The van der Waals surface area contributed by atoms with Crippen molar-refractivity contribution in [2.75, 3.05) is 13.1 Å². The van der Waals surface area contributed by atoms with E-state index in [1.54, 1.807) is 13.0 Å². The second-order valence-electron chi connectivity index (χ2n) is 7.72. The maximum absolute atomic E-state index is 11.8. The second-order valence-corrected chi connectivity index (χ2v) is 7.72. The molecule has 0 aliphatic carbocycles. The Morgan fingerprint density at radius 2 is 1.86 bits per heavy atom. The number of hydrazone groups is 1. The van der Waals surface area contributed by atoms with Crippen LogP contribution >= 0.6 is 0 Å². The van der Waals surface area contributed by atoms with Gasteiger partial charge in [0.15, 0.2) is 0 Å². The minimum absolute atomic E-state index is 0.0726. The number of amides is 1. The van der Waals surface area contributed by atoms with Gasteiger partial charge in [0.05, 0.1) is 11.8 Å². The second kappa shape index (κ2) is 6.26. The molecule has 1 saturated heterocycles. The molecular formula is C22H23N3O3. The van der Waals surface area contributed by atoms with Gasteiger partial charge in [0.25, 0.3) is 0 Å². The van der Waals surface area contributed by atoms with Gasteiger partial charge < -0.3 is 14.7 Å². The maximum atomic E-state index is 11.8. The number of aromatic hydroxyl groups is 1. The lowest BCUT2D eigenvalue weighted by atomic mass is 9.90. The van der Waals surface area contributed by atoms with E-state index >= 15 is 0 Å². The summed E-state index contributed by atoms with van der Waals surface area (Å²) in [7, 11) is 0. The number of hydrogen-bond acceptors (Lipinski definition) is 5. The van der Waals surface area contributed by atoms with E-state index in [1.807, 2.05) is 41.3 Å². The van der Waals surface area contributed by atoms with Gasteiger partial charge in [-0.25, -0.2) is 5.01 Å². The summed E-state index contributed by atoms with van der Waals surface area (Å²) in [6.07, 6.45) is 2.13. The van der Waals surface area contributed by atoms with E-state index in [2.05, 4.69) is 11.1 Å². The first-order chi connectivity index (χ1) is 13.6. The fourth-order valence-electron chi connectivity index (χ4n) is 4.61. The lowest BCUT2D eigenvalue weighted by molar-refractivity contribution is -0.158. The molecule has 1 fully saturated rings. The number of piperidine rings is 1. The molecule has 1 atom stereocenters. The van der Waals surface area contributed by atoms with Crippen LogP contribution < -0.4 is 4.74 Å². The van der Waals surface area contributed by atoms with Crippen LogP contribution in [0, 0.1) is 0 Å². The van der Waals surface area contributed by atoms with Crippen LogP contribution in [0.4, 0.5) is 0 Å². The molecule has 1 amide bonds. The molecule has 6 nitrogen and oxygen atoms in total. The van der Waals surface area contributed by atoms with Gasteiger partial charge in [-0.3, -0.25) is 4.79 Å². The Morgan fingerprint density at radius 1 is 1.14 bits per heavy atom. The van der Waals surface area contributed by atoms with E-state index in [-0.39, 0.29) is 17.7 Å². The Bertz CT molecular complexity index is 963. The van der Waals surface area contributed by atoms with E-state index in [9.17, 15) is 9.90 Å². The molecule has 0 radical (unpaired) electrons. The third-order valence-electron chi connectivity index (χ3n) is 6.11. The van der Waals surface area contributed by atoms with E-state index in [0.717, 1.165) is 29.0 Å². The van der Waals surface area contributed by atoms with Crippen LogP contribution in [0.15, 0.2) is 53.6 Å². The van der Waals surface area contributed by atoms with Crippen molar-refractivity contribution < 1.29 is 14.6 Å². The van der Waals surface area contributed by atoms with Gasteiger partial charge in [0, 0.05) is 50.4 Å². The van der Waals surface area contributed by atoms with Crippen LogP contribution in [0.25, 0.3) is 0 Å².